The fraction of sp³-hybridized carbons (Fsp3) is 0.238. The predicted molar refractivity (Wildman–Crippen MR) is 110 cm³/mol. The van der Waals surface area contributed by atoms with Gasteiger partial charge >= 0.3 is 5.97 Å². The summed E-state index contributed by atoms with van der Waals surface area (Å²) in [4.78, 5) is 28.0. The maximum absolute atomic E-state index is 12.5. The molecule has 0 bridgehead atoms. The van der Waals surface area contributed by atoms with Gasteiger partial charge in [0.05, 0.1) is 10.5 Å². The summed E-state index contributed by atoms with van der Waals surface area (Å²) in [6.07, 6.45) is 2.46. The van der Waals surface area contributed by atoms with Gasteiger partial charge in [0.2, 0.25) is 15.8 Å². The molecular formula is C21H22N2O5S. The van der Waals surface area contributed by atoms with E-state index >= 15 is 0 Å². The lowest BCUT2D eigenvalue weighted by Gasteiger charge is -2.11. The van der Waals surface area contributed by atoms with Gasteiger partial charge in [-0.25, -0.2) is 17.5 Å². The van der Waals surface area contributed by atoms with Crippen molar-refractivity contribution in [3.8, 4) is 0 Å². The summed E-state index contributed by atoms with van der Waals surface area (Å²) in [7, 11) is -0.722. The molecule has 0 atom stereocenters. The fourth-order valence-corrected chi connectivity index (χ4v) is 3.91. The van der Waals surface area contributed by atoms with E-state index in [0.717, 1.165) is 27.2 Å². The number of carbonyl (C=O) groups excluding carboxylic acids is 2. The van der Waals surface area contributed by atoms with Crippen LogP contribution in [0.15, 0.2) is 53.6 Å². The molecule has 7 nitrogen and oxygen atoms in total. The minimum absolute atomic E-state index is 0.0700. The Labute approximate surface area is 169 Å². The topological polar surface area (TPSA) is 96.5 Å². The van der Waals surface area contributed by atoms with Crippen LogP contribution in [-0.4, -0.2) is 50.2 Å². The van der Waals surface area contributed by atoms with Crippen molar-refractivity contribution in [3.05, 3.63) is 65.4 Å². The number of ketones is 1. The first kappa shape index (κ1) is 20.8. The molecule has 0 aliphatic heterocycles. The Morgan fingerprint density at radius 2 is 1.76 bits per heavy atom. The van der Waals surface area contributed by atoms with Gasteiger partial charge in [0, 0.05) is 36.8 Å². The van der Waals surface area contributed by atoms with Gasteiger partial charge in [-0.1, -0.05) is 25.1 Å². The number of nitrogens with one attached hydrogen (secondary N) is 1. The van der Waals surface area contributed by atoms with E-state index in [-0.39, 0.29) is 16.2 Å². The predicted octanol–water partition coefficient (Wildman–Crippen LogP) is 3.02. The molecule has 0 unspecified atom stereocenters. The number of benzene rings is 2. The molecule has 8 heteroatoms. The highest BCUT2D eigenvalue weighted by molar-refractivity contribution is 7.89. The number of aromatic amines is 1. The number of ether oxygens (including phenoxy) is 1. The number of hydrogen-bond donors (Lipinski definition) is 1. The Hall–Kier alpha value is -2.97. The standard InChI is InChI=1S/C21H22N2O5S/c1-4-14-6-5-7-17-18(12-22-20(14)17)19(24)13-28-21(25)15-8-10-16(11-9-15)29(26,27)23(2)3/h5-12,22H,4,13H2,1-3H3. The molecule has 0 spiro atoms. The second kappa shape index (κ2) is 8.18. The molecule has 1 N–H and O–H groups in total. The van der Waals surface area contributed by atoms with Crippen LogP contribution in [-0.2, 0) is 21.2 Å². The van der Waals surface area contributed by atoms with Gasteiger partial charge in [-0.3, -0.25) is 4.79 Å². The number of rotatable bonds is 7. The Morgan fingerprint density at radius 1 is 1.07 bits per heavy atom. The van der Waals surface area contributed by atoms with E-state index in [1.807, 2.05) is 25.1 Å². The van der Waals surface area contributed by atoms with Crippen molar-refractivity contribution in [2.45, 2.75) is 18.2 Å². The normalized spacial score (nSPS) is 11.7. The second-order valence-electron chi connectivity index (χ2n) is 6.71. The van der Waals surface area contributed by atoms with Gasteiger partial charge in [-0.05, 0) is 36.2 Å². The average Bonchev–Trinajstić information content (AvgIpc) is 3.16. The molecule has 3 rings (SSSR count). The van der Waals surface area contributed by atoms with E-state index in [4.69, 9.17) is 4.74 Å². The number of H-pyrrole nitrogens is 1. The molecule has 2 aromatic carbocycles. The lowest BCUT2D eigenvalue weighted by Crippen LogP contribution is -2.22. The zero-order chi connectivity index (χ0) is 21.2. The Morgan fingerprint density at radius 3 is 2.38 bits per heavy atom. The molecule has 3 aromatic rings. The molecule has 0 fully saturated rings. The number of aromatic nitrogens is 1. The van der Waals surface area contributed by atoms with E-state index in [9.17, 15) is 18.0 Å². The fourth-order valence-electron chi connectivity index (χ4n) is 3.01. The maximum Gasteiger partial charge on any atom is 0.338 e. The van der Waals surface area contributed by atoms with Crippen LogP contribution in [0.3, 0.4) is 0 Å². The summed E-state index contributed by atoms with van der Waals surface area (Å²) in [5.74, 6) is -1.01. The summed E-state index contributed by atoms with van der Waals surface area (Å²) < 4.78 is 30.4. The van der Waals surface area contributed by atoms with Crippen molar-refractivity contribution in [3.63, 3.8) is 0 Å². The lowest BCUT2D eigenvalue weighted by molar-refractivity contribution is 0.0475. The number of Topliss-reactive ketones (excluding diaryl/α,β-unsaturated/α-hetero) is 1. The highest BCUT2D eigenvalue weighted by Crippen LogP contribution is 2.23. The van der Waals surface area contributed by atoms with Gasteiger partial charge in [0.25, 0.3) is 0 Å². The minimum atomic E-state index is -3.58. The van der Waals surface area contributed by atoms with Crippen LogP contribution in [0.2, 0.25) is 0 Å². The number of carbonyl (C=O) groups is 2. The smallest absolute Gasteiger partial charge is 0.338 e. The molecule has 0 aliphatic rings. The second-order valence-corrected chi connectivity index (χ2v) is 8.86. The van der Waals surface area contributed by atoms with Crippen LogP contribution in [0.25, 0.3) is 10.9 Å². The zero-order valence-electron chi connectivity index (χ0n) is 16.4. The summed E-state index contributed by atoms with van der Waals surface area (Å²) >= 11 is 0. The average molecular weight is 414 g/mol. The number of esters is 1. The van der Waals surface area contributed by atoms with Gasteiger partial charge < -0.3 is 9.72 Å². The first-order valence-electron chi connectivity index (χ1n) is 9.07. The number of para-hydroxylation sites is 1. The van der Waals surface area contributed by atoms with Gasteiger partial charge in [-0.2, -0.15) is 0 Å². The van der Waals surface area contributed by atoms with Crippen molar-refractivity contribution in [1.29, 1.82) is 0 Å². The first-order valence-corrected chi connectivity index (χ1v) is 10.5. The van der Waals surface area contributed by atoms with Crippen LogP contribution in [0.5, 0.6) is 0 Å². The largest absolute Gasteiger partial charge is 0.454 e. The monoisotopic (exact) mass is 414 g/mol. The molecule has 0 radical (unpaired) electrons. The Bertz CT molecular complexity index is 1160. The van der Waals surface area contributed by atoms with E-state index in [1.54, 1.807) is 6.20 Å². The third-order valence-corrected chi connectivity index (χ3v) is 6.52. The van der Waals surface area contributed by atoms with Crippen molar-refractivity contribution in [2.75, 3.05) is 20.7 Å². The number of hydrogen-bond acceptors (Lipinski definition) is 5. The molecule has 0 amide bonds. The summed E-state index contributed by atoms with van der Waals surface area (Å²) in [6, 6.07) is 11.1. The summed E-state index contributed by atoms with van der Waals surface area (Å²) in [5, 5.41) is 0.795. The van der Waals surface area contributed by atoms with Crippen molar-refractivity contribution in [1.82, 2.24) is 9.29 Å². The molecule has 29 heavy (non-hydrogen) atoms. The molecule has 1 aromatic heterocycles. The van der Waals surface area contributed by atoms with E-state index in [1.165, 1.54) is 38.4 Å². The van der Waals surface area contributed by atoms with Gasteiger partial charge in [0.1, 0.15) is 0 Å². The number of aryl methyl sites for hydroxylation is 1. The summed E-state index contributed by atoms with van der Waals surface area (Å²) in [6.45, 7) is 1.63. The maximum atomic E-state index is 12.5. The highest BCUT2D eigenvalue weighted by Gasteiger charge is 2.19. The minimum Gasteiger partial charge on any atom is -0.454 e. The highest BCUT2D eigenvalue weighted by atomic mass is 32.2. The van der Waals surface area contributed by atoms with E-state index in [2.05, 4.69) is 4.98 Å². The number of fused-ring (bicyclic) bond motifs is 1. The van der Waals surface area contributed by atoms with Gasteiger partial charge in [-0.15, -0.1) is 0 Å². The van der Waals surface area contributed by atoms with Gasteiger partial charge in [0.15, 0.2) is 6.61 Å². The number of nitrogens with zero attached hydrogens (tertiary/aromatic N) is 1. The van der Waals surface area contributed by atoms with Crippen LogP contribution in [0.1, 0.15) is 33.2 Å². The van der Waals surface area contributed by atoms with Crippen molar-refractivity contribution >= 4 is 32.7 Å². The number of sulfonamides is 1. The molecular weight excluding hydrogens is 392 g/mol. The lowest BCUT2D eigenvalue weighted by atomic mass is 10.1. The van der Waals surface area contributed by atoms with Crippen LogP contribution in [0, 0.1) is 0 Å². The molecule has 0 saturated carbocycles. The molecule has 0 aliphatic carbocycles. The molecule has 152 valence electrons. The quantitative estimate of drug-likeness (QED) is 0.474. The van der Waals surface area contributed by atoms with Crippen LogP contribution in [0.4, 0.5) is 0 Å². The first-order chi connectivity index (χ1) is 13.8. The third kappa shape index (κ3) is 4.08. The van der Waals surface area contributed by atoms with Crippen LogP contribution < -0.4 is 0 Å². The Balaban J connectivity index is 1.70. The molecule has 0 saturated heterocycles. The summed E-state index contributed by atoms with van der Waals surface area (Å²) in [5.41, 5.74) is 2.65. The molecule has 1 heterocycles. The van der Waals surface area contributed by atoms with E-state index < -0.39 is 22.6 Å². The van der Waals surface area contributed by atoms with Crippen LogP contribution >= 0.6 is 0 Å². The van der Waals surface area contributed by atoms with E-state index in [0.29, 0.717) is 5.56 Å². The Kier molecular flexibility index (Phi) is 5.86. The SMILES string of the molecule is CCc1cccc2c(C(=O)COC(=O)c3ccc(S(=O)(=O)N(C)C)cc3)c[nH]c12. The third-order valence-electron chi connectivity index (χ3n) is 4.69. The van der Waals surface area contributed by atoms with Crippen molar-refractivity contribution in [2.24, 2.45) is 0 Å². The zero-order valence-corrected chi connectivity index (χ0v) is 17.2. The van der Waals surface area contributed by atoms with Crippen molar-refractivity contribution < 1.29 is 22.7 Å².